The van der Waals surface area contributed by atoms with Crippen molar-refractivity contribution in [3.8, 4) is 0 Å². The molecule has 2 fully saturated rings. The molecule has 6 nitrogen and oxygen atoms in total. The van der Waals surface area contributed by atoms with Crippen molar-refractivity contribution in [1.29, 1.82) is 0 Å². The number of hydrogen-bond acceptors (Lipinski definition) is 4. The van der Waals surface area contributed by atoms with Gasteiger partial charge in [0.15, 0.2) is 0 Å². The Labute approximate surface area is 149 Å². The van der Waals surface area contributed by atoms with E-state index in [9.17, 15) is 13.2 Å². The van der Waals surface area contributed by atoms with Gasteiger partial charge in [-0.1, -0.05) is 6.07 Å². The summed E-state index contributed by atoms with van der Waals surface area (Å²) in [5, 5.41) is 2.91. The molecule has 8 heteroatoms. The molecular weight excluding hydrogens is 350 g/mol. The van der Waals surface area contributed by atoms with Crippen molar-refractivity contribution in [3.05, 3.63) is 23.8 Å². The van der Waals surface area contributed by atoms with Crippen molar-refractivity contribution >= 4 is 39.7 Å². The lowest BCUT2D eigenvalue weighted by molar-refractivity contribution is -0.119. The van der Waals surface area contributed by atoms with Gasteiger partial charge in [-0.3, -0.25) is 9.10 Å². The van der Waals surface area contributed by atoms with E-state index in [0.29, 0.717) is 30.8 Å². The van der Waals surface area contributed by atoms with E-state index < -0.39 is 10.0 Å². The van der Waals surface area contributed by atoms with Crippen LogP contribution in [0.2, 0.25) is 0 Å². The van der Waals surface area contributed by atoms with Gasteiger partial charge in [0, 0.05) is 24.2 Å². The molecular formula is C16H24ClN3O3S. The fourth-order valence-electron chi connectivity index (χ4n) is 3.36. The summed E-state index contributed by atoms with van der Waals surface area (Å²) in [6.45, 7) is 2.38. The van der Waals surface area contributed by atoms with E-state index >= 15 is 0 Å². The van der Waals surface area contributed by atoms with Crippen molar-refractivity contribution in [2.45, 2.75) is 38.6 Å². The number of nitrogens with one attached hydrogen (secondary N) is 1. The summed E-state index contributed by atoms with van der Waals surface area (Å²) in [7, 11) is -3.23. The van der Waals surface area contributed by atoms with E-state index in [2.05, 4.69) is 5.32 Å². The molecule has 2 atom stereocenters. The van der Waals surface area contributed by atoms with Crippen molar-refractivity contribution in [2.75, 3.05) is 21.9 Å². The number of nitrogens with zero attached hydrogens (tertiary/aromatic N) is 1. The number of nitrogens with two attached hydrogens (primary N) is 1. The van der Waals surface area contributed by atoms with Crippen LogP contribution in [-0.4, -0.2) is 32.7 Å². The first-order valence-electron chi connectivity index (χ1n) is 8.04. The van der Waals surface area contributed by atoms with Gasteiger partial charge >= 0.3 is 0 Å². The van der Waals surface area contributed by atoms with Crippen LogP contribution < -0.4 is 15.4 Å². The monoisotopic (exact) mass is 373 g/mol. The predicted molar refractivity (Wildman–Crippen MR) is 98.1 cm³/mol. The second kappa shape index (κ2) is 7.29. The molecule has 134 valence electrons. The maximum absolute atomic E-state index is 12.3. The highest BCUT2D eigenvalue weighted by Gasteiger charge is 2.30. The molecule has 1 amide bonds. The Bertz CT molecular complexity index is 723. The predicted octanol–water partition coefficient (Wildman–Crippen LogP) is 2.02. The van der Waals surface area contributed by atoms with Crippen LogP contribution in [0.15, 0.2) is 18.2 Å². The first-order chi connectivity index (χ1) is 10.9. The average Bonchev–Trinajstić information content (AvgIpc) is 3.06. The minimum absolute atomic E-state index is 0. The van der Waals surface area contributed by atoms with Gasteiger partial charge in [-0.15, -0.1) is 12.4 Å². The molecule has 0 aromatic heterocycles. The molecule has 1 heterocycles. The summed E-state index contributed by atoms with van der Waals surface area (Å²) >= 11 is 0. The zero-order valence-electron chi connectivity index (χ0n) is 13.7. The molecule has 2 unspecified atom stereocenters. The molecule has 1 aliphatic carbocycles. The third-order valence-corrected chi connectivity index (χ3v) is 6.54. The van der Waals surface area contributed by atoms with Crippen molar-refractivity contribution in [2.24, 2.45) is 11.7 Å². The van der Waals surface area contributed by atoms with Gasteiger partial charge < -0.3 is 11.1 Å². The largest absolute Gasteiger partial charge is 0.328 e. The molecule has 0 radical (unpaired) electrons. The van der Waals surface area contributed by atoms with Crippen LogP contribution in [0.25, 0.3) is 0 Å². The van der Waals surface area contributed by atoms with Crippen LogP contribution in [0.3, 0.4) is 0 Å². The number of halogens is 1. The zero-order chi connectivity index (χ0) is 16.6. The average molecular weight is 374 g/mol. The van der Waals surface area contributed by atoms with E-state index in [4.69, 9.17) is 5.73 Å². The van der Waals surface area contributed by atoms with Crippen LogP contribution in [0.1, 0.15) is 31.2 Å². The normalized spacial score (nSPS) is 25.3. The summed E-state index contributed by atoms with van der Waals surface area (Å²) in [4.78, 5) is 12.3. The lowest BCUT2D eigenvalue weighted by Gasteiger charge is -2.20. The Morgan fingerprint density at radius 2 is 2.08 bits per heavy atom. The summed E-state index contributed by atoms with van der Waals surface area (Å²) in [5.41, 5.74) is 8.04. The van der Waals surface area contributed by atoms with Gasteiger partial charge in [0.25, 0.3) is 0 Å². The summed E-state index contributed by atoms with van der Waals surface area (Å²) < 4.78 is 25.7. The minimum Gasteiger partial charge on any atom is -0.328 e. The number of aryl methyl sites for hydroxylation is 1. The Kier molecular flexibility index (Phi) is 5.78. The molecule has 1 aromatic rings. The highest BCUT2D eigenvalue weighted by molar-refractivity contribution is 7.93. The number of carbonyl (C=O) groups excluding carboxylic acids is 1. The van der Waals surface area contributed by atoms with E-state index in [-0.39, 0.29) is 36.0 Å². The van der Waals surface area contributed by atoms with Gasteiger partial charge in [-0.05, 0) is 50.3 Å². The molecule has 3 rings (SSSR count). The van der Waals surface area contributed by atoms with Crippen molar-refractivity contribution < 1.29 is 13.2 Å². The molecule has 1 aromatic carbocycles. The maximum atomic E-state index is 12.3. The number of anilines is 2. The highest BCUT2D eigenvalue weighted by Crippen LogP contribution is 2.31. The molecule has 3 N–H and O–H groups in total. The van der Waals surface area contributed by atoms with Gasteiger partial charge in [0.05, 0.1) is 11.4 Å². The zero-order valence-corrected chi connectivity index (χ0v) is 15.3. The number of benzene rings is 1. The number of sulfonamides is 1. The van der Waals surface area contributed by atoms with Gasteiger partial charge in [-0.2, -0.15) is 0 Å². The van der Waals surface area contributed by atoms with Crippen LogP contribution in [-0.2, 0) is 14.8 Å². The Balaban J connectivity index is 0.00000208. The Morgan fingerprint density at radius 1 is 1.33 bits per heavy atom. The fourth-order valence-corrected chi connectivity index (χ4v) is 4.98. The minimum atomic E-state index is -3.23. The lowest BCUT2D eigenvalue weighted by Crippen LogP contribution is -2.26. The van der Waals surface area contributed by atoms with E-state index in [1.54, 1.807) is 6.07 Å². The SMILES string of the molecule is Cc1ccc(NC(=O)C2CCC(N)C2)cc1N1CCCS1(=O)=O.Cl. The van der Waals surface area contributed by atoms with Crippen molar-refractivity contribution in [1.82, 2.24) is 0 Å². The van der Waals surface area contributed by atoms with Gasteiger partial charge in [0.2, 0.25) is 15.9 Å². The highest BCUT2D eigenvalue weighted by atomic mass is 35.5. The molecule has 1 saturated heterocycles. The van der Waals surface area contributed by atoms with E-state index in [1.807, 2.05) is 19.1 Å². The van der Waals surface area contributed by atoms with Crippen LogP contribution in [0.5, 0.6) is 0 Å². The number of carbonyl (C=O) groups is 1. The van der Waals surface area contributed by atoms with E-state index in [0.717, 1.165) is 18.4 Å². The third kappa shape index (κ3) is 3.84. The fraction of sp³-hybridized carbons (Fsp3) is 0.562. The van der Waals surface area contributed by atoms with Gasteiger partial charge in [-0.25, -0.2) is 8.42 Å². The maximum Gasteiger partial charge on any atom is 0.235 e. The Hall–Kier alpha value is -1.31. The molecule has 1 saturated carbocycles. The molecule has 1 aliphatic heterocycles. The first-order valence-corrected chi connectivity index (χ1v) is 9.65. The van der Waals surface area contributed by atoms with Crippen LogP contribution >= 0.6 is 12.4 Å². The Morgan fingerprint density at radius 3 is 2.67 bits per heavy atom. The van der Waals surface area contributed by atoms with Crippen LogP contribution in [0, 0.1) is 12.8 Å². The summed E-state index contributed by atoms with van der Waals surface area (Å²) in [5.74, 6) is 0.102. The first kappa shape index (κ1) is 19.0. The smallest absolute Gasteiger partial charge is 0.235 e. The second-order valence-electron chi connectivity index (χ2n) is 6.50. The van der Waals surface area contributed by atoms with Crippen LogP contribution in [0.4, 0.5) is 11.4 Å². The summed E-state index contributed by atoms with van der Waals surface area (Å²) in [6.07, 6.45) is 3.04. The van der Waals surface area contributed by atoms with Gasteiger partial charge in [0.1, 0.15) is 0 Å². The number of amides is 1. The molecule has 24 heavy (non-hydrogen) atoms. The topological polar surface area (TPSA) is 92.5 Å². The third-order valence-electron chi connectivity index (χ3n) is 4.69. The lowest BCUT2D eigenvalue weighted by atomic mass is 10.1. The standard InChI is InChI=1S/C16H23N3O3S.ClH/c1-11-3-6-14(18-16(20)12-4-5-13(17)9-12)10-15(11)19-7-2-8-23(19,21)22;/h3,6,10,12-13H,2,4-5,7-9,17H2,1H3,(H,18,20);1H. The number of rotatable bonds is 3. The number of hydrogen-bond donors (Lipinski definition) is 2. The van der Waals surface area contributed by atoms with Crippen molar-refractivity contribution in [3.63, 3.8) is 0 Å². The second-order valence-corrected chi connectivity index (χ2v) is 8.52. The molecule has 2 aliphatic rings. The quantitative estimate of drug-likeness (QED) is 0.847. The molecule has 0 bridgehead atoms. The van der Waals surface area contributed by atoms with E-state index in [1.165, 1.54) is 4.31 Å². The molecule has 0 spiro atoms. The summed E-state index contributed by atoms with van der Waals surface area (Å²) in [6, 6.07) is 5.52.